The average Bonchev–Trinajstić information content (AvgIpc) is 3.15. The molecule has 1 aromatic heterocycles. The number of para-hydroxylation sites is 1. The van der Waals surface area contributed by atoms with Gasteiger partial charge in [0.25, 0.3) is 5.91 Å². The van der Waals surface area contributed by atoms with Crippen molar-refractivity contribution in [3.05, 3.63) is 54.0 Å². The van der Waals surface area contributed by atoms with E-state index in [4.69, 9.17) is 4.42 Å². The summed E-state index contributed by atoms with van der Waals surface area (Å²) in [5.74, 6) is -0.287. The second kappa shape index (κ2) is 5.44. The second-order valence-electron chi connectivity index (χ2n) is 5.04. The molecule has 2 amide bonds. The number of hydrogen-bond acceptors (Lipinski definition) is 3. The van der Waals surface area contributed by atoms with Gasteiger partial charge in [-0.1, -0.05) is 18.2 Å². The molecule has 3 rings (SSSR count). The molecule has 2 aromatic rings. The van der Waals surface area contributed by atoms with Crippen molar-refractivity contribution in [1.82, 2.24) is 5.32 Å². The SMILES string of the molecule is CC(NC(=O)c1ccco1)C(=O)N1CCc2ccccc21. The number of amides is 2. The maximum atomic E-state index is 12.5. The van der Waals surface area contributed by atoms with Crippen molar-refractivity contribution in [2.24, 2.45) is 0 Å². The van der Waals surface area contributed by atoms with Crippen molar-refractivity contribution < 1.29 is 14.0 Å². The molecule has 1 N–H and O–H groups in total. The van der Waals surface area contributed by atoms with E-state index in [1.165, 1.54) is 6.26 Å². The number of furan rings is 1. The summed E-state index contributed by atoms with van der Waals surface area (Å²) in [6, 6.07) is 10.4. The lowest BCUT2D eigenvalue weighted by atomic mass is 10.2. The Labute approximate surface area is 122 Å². The zero-order valence-corrected chi connectivity index (χ0v) is 11.7. The molecule has 0 saturated heterocycles. The molecule has 0 radical (unpaired) electrons. The molecule has 1 aromatic carbocycles. The van der Waals surface area contributed by atoms with E-state index in [0.717, 1.165) is 17.7 Å². The highest BCUT2D eigenvalue weighted by Gasteiger charge is 2.28. The molecule has 2 heterocycles. The predicted molar refractivity (Wildman–Crippen MR) is 78.1 cm³/mol. The minimum Gasteiger partial charge on any atom is -0.459 e. The maximum absolute atomic E-state index is 12.5. The highest BCUT2D eigenvalue weighted by atomic mass is 16.3. The summed E-state index contributed by atoms with van der Waals surface area (Å²) in [5, 5.41) is 2.67. The van der Waals surface area contributed by atoms with Crippen LogP contribution < -0.4 is 10.2 Å². The van der Waals surface area contributed by atoms with Gasteiger partial charge in [-0.25, -0.2) is 0 Å². The molecule has 0 fully saturated rings. The van der Waals surface area contributed by atoms with Gasteiger partial charge in [-0.15, -0.1) is 0 Å². The molecule has 0 spiro atoms. The van der Waals surface area contributed by atoms with Gasteiger partial charge in [0.15, 0.2) is 5.76 Å². The highest BCUT2D eigenvalue weighted by Crippen LogP contribution is 2.27. The van der Waals surface area contributed by atoms with Crippen LogP contribution in [0.25, 0.3) is 0 Å². The first-order chi connectivity index (χ1) is 10.2. The van der Waals surface area contributed by atoms with Crippen LogP contribution in [0.15, 0.2) is 47.1 Å². The number of carbonyl (C=O) groups is 2. The summed E-state index contributed by atoms with van der Waals surface area (Å²) in [6.07, 6.45) is 2.28. The Morgan fingerprint density at radius 3 is 2.81 bits per heavy atom. The van der Waals surface area contributed by atoms with E-state index in [2.05, 4.69) is 5.32 Å². The molecule has 1 aliphatic rings. The maximum Gasteiger partial charge on any atom is 0.287 e. The smallest absolute Gasteiger partial charge is 0.287 e. The molecule has 0 aliphatic carbocycles. The molecule has 1 unspecified atom stereocenters. The quantitative estimate of drug-likeness (QED) is 0.937. The predicted octanol–water partition coefficient (Wildman–Crippen LogP) is 1.99. The molecule has 1 atom stereocenters. The van der Waals surface area contributed by atoms with Crippen LogP contribution in [0, 0.1) is 0 Å². The third-order valence-corrected chi connectivity index (χ3v) is 3.62. The van der Waals surface area contributed by atoms with E-state index in [9.17, 15) is 9.59 Å². The standard InChI is InChI=1S/C16H16N2O3/c1-11(17-15(19)14-7-4-10-21-14)16(20)18-9-8-12-5-2-3-6-13(12)18/h2-7,10-11H,8-9H2,1H3,(H,17,19). The van der Waals surface area contributed by atoms with Crippen molar-refractivity contribution in [1.29, 1.82) is 0 Å². The minimum atomic E-state index is -0.603. The number of rotatable bonds is 3. The van der Waals surface area contributed by atoms with Crippen LogP contribution in [-0.4, -0.2) is 24.4 Å². The summed E-state index contributed by atoms with van der Waals surface area (Å²) in [7, 11) is 0. The molecule has 108 valence electrons. The Balaban J connectivity index is 1.70. The van der Waals surface area contributed by atoms with Gasteiger partial charge < -0.3 is 14.6 Å². The van der Waals surface area contributed by atoms with Gasteiger partial charge in [0.05, 0.1) is 6.26 Å². The number of benzene rings is 1. The summed E-state index contributed by atoms with van der Waals surface area (Å²) in [6.45, 7) is 2.34. The lowest BCUT2D eigenvalue weighted by molar-refractivity contribution is -0.119. The van der Waals surface area contributed by atoms with Crippen LogP contribution in [0.2, 0.25) is 0 Å². The summed E-state index contributed by atoms with van der Waals surface area (Å²) < 4.78 is 5.02. The molecule has 1 aliphatic heterocycles. The molecule has 0 bridgehead atoms. The van der Waals surface area contributed by atoms with Crippen molar-refractivity contribution in [2.75, 3.05) is 11.4 Å². The van der Waals surface area contributed by atoms with Crippen LogP contribution >= 0.6 is 0 Å². The zero-order valence-electron chi connectivity index (χ0n) is 11.7. The first-order valence-electron chi connectivity index (χ1n) is 6.90. The fraction of sp³-hybridized carbons (Fsp3) is 0.250. The monoisotopic (exact) mass is 284 g/mol. The summed E-state index contributed by atoms with van der Waals surface area (Å²) in [5.41, 5.74) is 2.09. The summed E-state index contributed by atoms with van der Waals surface area (Å²) >= 11 is 0. The lowest BCUT2D eigenvalue weighted by Gasteiger charge is -2.22. The number of fused-ring (bicyclic) bond motifs is 1. The molecule has 21 heavy (non-hydrogen) atoms. The van der Waals surface area contributed by atoms with Crippen molar-refractivity contribution in [3.8, 4) is 0 Å². The van der Waals surface area contributed by atoms with Gasteiger partial charge in [-0.05, 0) is 37.1 Å². The Hall–Kier alpha value is -2.56. The van der Waals surface area contributed by atoms with Crippen LogP contribution in [-0.2, 0) is 11.2 Å². The van der Waals surface area contributed by atoms with E-state index in [1.54, 1.807) is 24.0 Å². The first kappa shape index (κ1) is 13.4. The molecule has 5 heteroatoms. The number of hydrogen-bond donors (Lipinski definition) is 1. The van der Waals surface area contributed by atoms with Crippen LogP contribution in [0.5, 0.6) is 0 Å². The van der Waals surface area contributed by atoms with Gasteiger partial charge in [-0.2, -0.15) is 0 Å². The van der Waals surface area contributed by atoms with Gasteiger partial charge in [0, 0.05) is 12.2 Å². The molecular weight excluding hydrogens is 268 g/mol. The van der Waals surface area contributed by atoms with E-state index in [-0.39, 0.29) is 17.6 Å². The van der Waals surface area contributed by atoms with Crippen LogP contribution in [0.4, 0.5) is 5.69 Å². The topological polar surface area (TPSA) is 62.6 Å². The third-order valence-electron chi connectivity index (χ3n) is 3.62. The number of nitrogens with one attached hydrogen (secondary N) is 1. The number of carbonyl (C=O) groups excluding carboxylic acids is 2. The first-order valence-corrected chi connectivity index (χ1v) is 6.90. The van der Waals surface area contributed by atoms with Crippen molar-refractivity contribution >= 4 is 17.5 Å². The van der Waals surface area contributed by atoms with Crippen molar-refractivity contribution in [2.45, 2.75) is 19.4 Å². The van der Waals surface area contributed by atoms with Gasteiger partial charge in [0.2, 0.25) is 5.91 Å². The fourth-order valence-electron chi connectivity index (χ4n) is 2.54. The van der Waals surface area contributed by atoms with Crippen LogP contribution in [0.3, 0.4) is 0 Å². The number of anilines is 1. The van der Waals surface area contributed by atoms with Gasteiger partial charge >= 0.3 is 0 Å². The van der Waals surface area contributed by atoms with E-state index in [1.807, 2.05) is 24.3 Å². The lowest BCUT2D eigenvalue weighted by Crippen LogP contribution is -2.46. The summed E-state index contributed by atoms with van der Waals surface area (Å²) in [4.78, 5) is 26.1. The van der Waals surface area contributed by atoms with Crippen molar-refractivity contribution in [3.63, 3.8) is 0 Å². The van der Waals surface area contributed by atoms with E-state index < -0.39 is 6.04 Å². The van der Waals surface area contributed by atoms with E-state index >= 15 is 0 Å². The van der Waals surface area contributed by atoms with Crippen LogP contribution in [0.1, 0.15) is 23.0 Å². The molecular formula is C16H16N2O3. The van der Waals surface area contributed by atoms with Gasteiger partial charge in [0.1, 0.15) is 6.04 Å². The molecule has 5 nitrogen and oxygen atoms in total. The Kier molecular flexibility index (Phi) is 3.48. The molecule has 0 saturated carbocycles. The largest absolute Gasteiger partial charge is 0.459 e. The number of nitrogens with zero attached hydrogens (tertiary/aromatic N) is 1. The third kappa shape index (κ3) is 2.54. The second-order valence-corrected chi connectivity index (χ2v) is 5.04. The normalized spacial score (nSPS) is 14.6. The fourth-order valence-corrected chi connectivity index (χ4v) is 2.54. The van der Waals surface area contributed by atoms with Gasteiger partial charge in [-0.3, -0.25) is 9.59 Å². The van der Waals surface area contributed by atoms with E-state index in [0.29, 0.717) is 6.54 Å². The Morgan fingerprint density at radius 2 is 2.05 bits per heavy atom. The average molecular weight is 284 g/mol. The Bertz CT molecular complexity index is 664. The minimum absolute atomic E-state index is 0.111. The highest BCUT2D eigenvalue weighted by molar-refractivity contribution is 6.02. The zero-order chi connectivity index (χ0) is 14.8. The Morgan fingerprint density at radius 1 is 1.24 bits per heavy atom.